The predicted molar refractivity (Wildman–Crippen MR) is 78.6 cm³/mol. The summed E-state index contributed by atoms with van der Waals surface area (Å²) in [5.41, 5.74) is 1.38. The number of halogens is 1. The summed E-state index contributed by atoms with van der Waals surface area (Å²) in [7, 11) is 1.62. The fourth-order valence-electron chi connectivity index (χ4n) is 1.88. The monoisotopic (exact) mass is 336 g/mol. The van der Waals surface area contributed by atoms with Gasteiger partial charge in [0.1, 0.15) is 11.3 Å². The molecule has 0 N–H and O–H groups in total. The molecular weight excluding hydrogens is 328 g/mol. The quantitative estimate of drug-likeness (QED) is 0.685. The standard InChI is InChI=1S/C13H9BrN2O2S/c1-18-10-5-8(14)6-11-12(10)15-13(19-11)16-4-2-3-9(16)7-17/h2-7H,1H3. The van der Waals surface area contributed by atoms with Crippen LogP contribution in [0.15, 0.2) is 34.9 Å². The molecule has 0 aliphatic heterocycles. The summed E-state index contributed by atoms with van der Waals surface area (Å²) in [5, 5.41) is 0.749. The largest absolute Gasteiger partial charge is 0.494 e. The van der Waals surface area contributed by atoms with E-state index in [-0.39, 0.29) is 0 Å². The highest BCUT2D eigenvalue weighted by atomic mass is 79.9. The second-order valence-electron chi connectivity index (χ2n) is 3.87. The first-order valence-corrected chi connectivity index (χ1v) is 7.11. The molecule has 19 heavy (non-hydrogen) atoms. The van der Waals surface area contributed by atoms with E-state index < -0.39 is 0 Å². The minimum absolute atomic E-state index is 0.581. The second kappa shape index (κ2) is 4.79. The van der Waals surface area contributed by atoms with Crippen LogP contribution in [0.2, 0.25) is 0 Å². The first-order valence-electron chi connectivity index (χ1n) is 5.50. The Morgan fingerprint density at radius 2 is 2.32 bits per heavy atom. The lowest BCUT2D eigenvalue weighted by molar-refractivity contribution is 0.111. The molecule has 3 aromatic rings. The van der Waals surface area contributed by atoms with Crippen LogP contribution in [0, 0.1) is 0 Å². The van der Waals surface area contributed by atoms with Crippen LogP contribution in [-0.4, -0.2) is 22.9 Å². The SMILES string of the molecule is COc1cc(Br)cc2sc(-n3cccc3C=O)nc12. The molecule has 6 heteroatoms. The van der Waals surface area contributed by atoms with Crippen LogP contribution in [0.4, 0.5) is 0 Å². The van der Waals surface area contributed by atoms with Gasteiger partial charge in [-0.3, -0.25) is 9.36 Å². The van der Waals surface area contributed by atoms with Crippen molar-refractivity contribution in [3.63, 3.8) is 0 Å². The summed E-state index contributed by atoms with van der Waals surface area (Å²) in [6.45, 7) is 0. The van der Waals surface area contributed by atoms with Gasteiger partial charge in [-0.15, -0.1) is 0 Å². The number of aldehydes is 1. The maximum atomic E-state index is 11.0. The molecule has 0 spiro atoms. The molecule has 4 nitrogen and oxygen atoms in total. The number of thiazole rings is 1. The number of methoxy groups -OCH3 is 1. The van der Waals surface area contributed by atoms with Crippen LogP contribution in [0.1, 0.15) is 10.5 Å². The number of hydrogen-bond acceptors (Lipinski definition) is 4. The second-order valence-corrected chi connectivity index (χ2v) is 5.80. The summed E-state index contributed by atoms with van der Waals surface area (Å²) in [6, 6.07) is 7.44. The van der Waals surface area contributed by atoms with E-state index in [4.69, 9.17) is 4.74 Å². The van der Waals surface area contributed by atoms with Gasteiger partial charge in [-0.2, -0.15) is 0 Å². The van der Waals surface area contributed by atoms with Crippen molar-refractivity contribution in [3.8, 4) is 10.9 Å². The van der Waals surface area contributed by atoms with Crippen molar-refractivity contribution in [2.24, 2.45) is 0 Å². The molecule has 2 aromatic heterocycles. The number of hydrogen-bond donors (Lipinski definition) is 0. The van der Waals surface area contributed by atoms with E-state index in [2.05, 4.69) is 20.9 Å². The molecule has 96 valence electrons. The van der Waals surface area contributed by atoms with Crippen molar-refractivity contribution in [1.82, 2.24) is 9.55 Å². The van der Waals surface area contributed by atoms with E-state index in [1.807, 2.05) is 24.4 Å². The minimum atomic E-state index is 0.581. The van der Waals surface area contributed by atoms with Crippen molar-refractivity contribution in [2.75, 3.05) is 7.11 Å². The van der Waals surface area contributed by atoms with Gasteiger partial charge in [0.15, 0.2) is 11.4 Å². The molecule has 0 bridgehead atoms. The van der Waals surface area contributed by atoms with Gasteiger partial charge in [0.05, 0.1) is 17.5 Å². The number of rotatable bonds is 3. The van der Waals surface area contributed by atoms with Crippen LogP contribution >= 0.6 is 27.3 Å². The molecule has 0 saturated heterocycles. The molecule has 0 aliphatic rings. The molecule has 0 unspecified atom stereocenters. The van der Waals surface area contributed by atoms with Gasteiger partial charge >= 0.3 is 0 Å². The third-order valence-corrected chi connectivity index (χ3v) is 4.20. The fraction of sp³-hybridized carbons (Fsp3) is 0.0769. The van der Waals surface area contributed by atoms with E-state index in [0.717, 1.165) is 26.1 Å². The number of fused-ring (bicyclic) bond motifs is 1. The fourth-order valence-corrected chi connectivity index (χ4v) is 3.49. The lowest BCUT2D eigenvalue weighted by Gasteiger charge is -2.00. The van der Waals surface area contributed by atoms with Crippen molar-refractivity contribution in [2.45, 2.75) is 0 Å². The Morgan fingerprint density at radius 3 is 3.05 bits per heavy atom. The summed E-state index contributed by atoms with van der Waals surface area (Å²) >= 11 is 4.96. The van der Waals surface area contributed by atoms with Gasteiger partial charge in [-0.1, -0.05) is 27.3 Å². The van der Waals surface area contributed by atoms with Crippen LogP contribution in [0.3, 0.4) is 0 Å². The molecule has 0 atom stereocenters. The summed E-state index contributed by atoms with van der Waals surface area (Å²) < 4.78 is 9.05. The van der Waals surface area contributed by atoms with Gasteiger partial charge in [0.2, 0.25) is 0 Å². The average Bonchev–Trinajstić information content (AvgIpc) is 3.02. The molecule has 1 aromatic carbocycles. The maximum absolute atomic E-state index is 11.0. The summed E-state index contributed by atoms with van der Waals surface area (Å²) in [6.07, 6.45) is 2.64. The van der Waals surface area contributed by atoms with Gasteiger partial charge in [0, 0.05) is 10.7 Å². The number of benzene rings is 1. The molecule has 0 fully saturated rings. The van der Waals surface area contributed by atoms with Crippen LogP contribution in [-0.2, 0) is 0 Å². The van der Waals surface area contributed by atoms with Crippen molar-refractivity contribution >= 4 is 43.8 Å². The lowest BCUT2D eigenvalue weighted by atomic mass is 10.3. The molecule has 3 rings (SSSR count). The van der Waals surface area contributed by atoms with Crippen LogP contribution in [0.5, 0.6) is 5.75 Å². The normalized spacial score (nSPS) is 10.8. The van der Waals surface area contributed by atoms with E-state index in [0.29, 0.717) is 11.4 Å². The number of carbonyl (C=O) groups excluding carboxylic acids is 1. The van der Waals surface area contributed by atoms with E-state index in [1.165, 1.54) is 11.3 Å². The Bertz CT molecular complexity index is 763. The minimum Gasteiger partial charge on any atom is -0.494 e. The molecule has 0 radical (unpaired) electrons. The highest BCUT2D eigenvalue weighted by Crippen LogP contribution is 2.34. The van der Waals surface area contributed by atoms with Gasteiger partial charge < -0.3 is 4.74 Å². The smallest absolute Gasteiger partial charge is 0.195 e. The molecule has 0 aliphatic carbocycles. The van der Waals surface area contributed by atoms with Crippen molar-refractivity contribution in [3.05, 3.63) is 40.6 Å². The Kier molecular flexibility index (Phi) is 3.12. The van der Waals surface area contributed by atoms with Gasteiger partial charge in [0.25, 0.3) is 0 Å². The molecule has 0 amide bonds. The zero-order valence-corrected chi connectivity index (χ0v) is 12.4. The number of nitrogens with zero attached hydrogens (tertiary/aromatic N) is 2. The highest BCUT2D eigenvalue weighted by Gasteiger charge is 2.12. The number of aromatic nitrogens is 2. The topological polar surface area (TPSA) is 44.1 Å². The average molecular weight is 337 g/mol. The Hall–Kier alpha value is -1.66. The Labute approximate surface area is 121 Å². The number of ether oxygens (including phenoxy) is 1. The first kappa shape index (κ1) is 12.4. The van der Waals surface area contributed by atoms with E-state index in [9.17, 15) is 4.79 Å². The molecular formula is C13H9BrN2O2S. The zero-order chi connectivity index (χ0) is 13.4. The van der Waals surface area contributed by atoms with Crippen molar-refractivity contribution in [1.29, 1.82) is 0 Å². The van der Waals surface area contributed by atoms with E-state index >= 15 is 0 Å². The Balaban J connectivity index is 2.24. The molecule has 0 saturated carbocycles. The van der Waals surface area contributed by atoms with Crippen LogP contribution in [0.25, 0.3) is 15.3 Å². The third kappa shape index (κ3) is 2.06. The third-order valence-electron chi connectivity index (χ3n) is 2.74. The van der Waals surface area contributed by atoms with Gasteiger partial charge in [-0.25, -0.2) is 4.98 Å². The van der Waals surface area contributed by atoms with Crippen molar-refractivity contribution < 1.29 is 9.53 Å². The predicted octanol–water partition coefficient (Wildman–Crippen LogP) is 3.67. The summed E-state index contributed by atoms with van der Waals surface area (Å²) in [5.74, 6) is 0.715. The van der Waals surface area contributed by atoms with Crippen LogP contribution < -0.4 is 4.74 Å². The highest BCUT2D eigenvalue weighted by molar-refractivity contribution is 9.10. The first-order chi connectivity index (χ1) is 9.22. The molecule has 2 heterocycles. The Morgan fingerprint density at radius 1 is 1.47 bits per heavy atom. The lowest BCUT2D eigenvalue weighted by Crippen LogP contribution is -1.96. The zero-order valence-electron chi connectivity index (χ0n) is 9.96. The summed E-state index contributed by atoms with van der Waals surface area (Å²) in [4.78, 5) is 15.5. The maximum Gasteiger partial charge on any atom is 0.195 e. The number of carbonyl (C=O) groups is 1. The van der Waals surface area contributed by atoms with E-state index in [1.54, 1.807) is 17.7 Å². The van der Waals surface area contributed by atoms with Gasteiger partial charge in [-0.05, 0) is 24.3 Å².